The molecule has 162 valence electrons. The average molecular weight is 415 g/mol. The zero-order valence-electron chi connectivity index (χ0n) is 17.9. The Labute approximate surface area is 177 Å². The molecule has 0 aliphatic carbocycles. The highest BCUT2D eigenvalue weighted by Gasteiger charge is 2.25. The Kier molecular flexibility index (Phi) is 6.77. The molecule has 1 fully saturated rings. The number of piperazine rings is 1. The van der Waals surface area contributed by atoms with Gasteiger partial charge in [0.15, 0.2) is 0 Å². The summed E-state index contributed by atoms with van der Waals surface area (Å²) in [7, 11) is 0. The molecule has 0 spiro atoms. The number of hydrogen-bond acceptors (Lipinski definition) is 5. The van der Waals surface area contributed by atoms with Gasteiger partial charge in [-0.25, -0.2) is 9.59 Å². The maximum absolute atomic E-state index is 12.1. The van der Waals surface area contributed by atoms with Gasteiger partial charge in [-0.3, -0.25) is 9.58 Å². The van der Waals surface area contributed by atoms with E-state index in [0.29, 0.717) is 13.1 Å². The van der Waals surface area contributed by atoms with Crippen molar-refractivity contribution in [3.05, 3.63) is 42.2 Å². The summed E-state index contributed by atoms with van der Waals surface area (Å²) in [4.78, 5) is 27.2. The van der Waals surface area contributed by atoms with E-state index in [4.69, 9.17) is 9.84 Å². The molecule has 0 unspecified atom stereocenters. The molecule has 3 rings (SSSR count). The monoisotopic (exact) mass is 414 g/mol. The van der Waals surface area contributed by atoms with Gasteiger partial charge in [-0.1, -0.05) is 12.1 Å². The third kappa shape index (κ3) is 6.06. The van der Waals surface area contributed by atoms with Crippen LogP contribution in [-0.4, -0.2) is 75.1 Å². The lowest BCUT2D eigenvalue weighted by atomic mass is 10.1. The second-order valence-corrected chi connectivity index (χ2v) is 8.54. The Bertz CT molecular complexity index is 862. The van der Waals surface area contributed by atoms with Crippen molar-refractivity contribution < 1.29 is 19.4 Å². The second-order valence-electron chi connectivity index (χ2n) is 8.54. The Balaban J connectivity index is 1.41. The summed E-state index contributed by atoms with van der Waals surface area (Å²) in [6, 6.07) is 6.81. The molecular formula is C22H30N4O4. The minimum absolute atomic E-state index is 0.234. The second kappa shape index (κ2) is 9.30. The van der Waals surface area contributed by atoms with Crippen molar-refractivity contribution in [1.29, 1.82) is 0 Å². The maximum atomic E-state index is 12.1. The van der Waals surface area contributed by atoms with Crippen LogP contribution in [-0.2, 0) is 11.3 Å². The van der Waals surface area contributed by atoms with E-state index in [9.17, 15) is 9.59 Å². The van der Waals surface area contributed by atoms with Crippen molar-refractivity contribution in [2.45, 2.75) is 39.3 Å². The lowest BCUT2D eigenvalue weighted by Crippen LogP contribution is -2.50. The van der Waals surface area contributed by atoms with Gasteiger partial charge in [0, 0.05) is 51.0 Å². The van der Waals surface area contributed by atoms with Crippen molar-refractivity contribution in [2.24, 2.45) is 0 Å². The van der Waals surface area contributed by atoms with Crippen molar-refractivity contribution in [3.63, 3.8) is 0 Å². The van der Waals surface area contributed by atoms with Gasteiger partial charge in [0.05, 0.1) is 11.8 Å². The number of ether oxygens (including phenoxy) is 1. The average Bonchev–Trinajstić information content (AvgIpc) is 3.16. The summed E-state index contributed by atoms with van der Waals surface area (Å²) in [6.45, 7) is 10.5. The van der Waals surface area contributed by atoms with Gasteiger partial charge in [-0.05, 0) is 44.9 Å². The van der Waals surface area contributed by atoms with Gasteiger partial charge in [0.2, 0.25) is 0 Å². The minimum Gasteiger partial charge on any atom is -0.478 e. The number of aromatic carboxylic acids is 1. The topological polar surface area (TPSA) is 87.9 Å². The fraction of sp³-hybridized carbons (Fsp3) is 0.500. The zero-order chi connectivity index (χ0) is 21.7. The van der Waals surface area contributed by atoms with Crippen molar-refractivity contribution in [2.75, 3.05) is 32.7 Å². The fourth-order valence-electron chi connectivity index (χ4n) is 3.38. The van der Waals surface area contributed by atoms with E-state index < -0.39 is 11.6 Å². The molecule has 0 atom stereocenters. The summed E-state index contributed by atoms with van der Waals surface area (Å²) < 4.78 is 7.35. The third-order valence-electron chi connectivity index (χ3n) is 4.98. The number of benzene rings is 1. The molecule has 2 aromatic rings. The van der Waals surface area contributed by atoms with E-state index in [0.717, 1.165) is 43.7 Å². The normalized spacial score (nSPS) is 15.2. The number of aromatic nitrogens is 2. The Morgan fingerprint density at radius 2 is 1.70 bits per heavy atom. The quantitative estimate of drug-likeness (QED) is 0.781. The first kappa shape index (κ1) is 21.8. The van der Waals surface area contributed by atoms with Gasteiger partial charge in [-0.15, -0.1) is 0 Å². The van der Waals surface area contributed by atoms with Gasteiger partial charge in [0.1, 0.15) is 5.60 Å². The smallest absolute Gasteiger partial charge is 0.410 e. The number of rotatable bonds is 6. The van der Waals surface area contributed by atoms with Crippen LogP contribution in [0.15, 0.2) is 36.7 Å². The van der Waals surface area contributed by atoms with Crippen LogP contribution >= 0.6 is 0 Å². The number of nitrogens with zero attached hydrogens (tertiary/aromatic N) is 4. The molecule has 1 saturated heterocycles. The molecule has 2 heterocycles. The van der Waals surface area contributed by atoms with E-state index >= 15 is 0 Å². The van der Waals surface area contributed by atoms with Gasteiger partial charge in [0.25, 0.3) is 0 Å². The van der Waals surface area contributed by atoms with Crippen LogP contribution in [0.2, 0.25) is 0 Å². The van der Waals surface area contributed by atoms with Crippen LogP contribution < -0.4 is 0 Å². The molecule has 1 aliphatic heterocycles. The summed E-state index contributed by atoms with van der Waals surface area (Å²) in [5.74, 6) is -0.927. The third-order valence-corrected chi connectivity index (χ3v) is 4.98. The number of aryl methyl sites for hydroxylation is 1. The molecular weight excluding hydrogens is 384 g/mol. The maximum Gasteiger partial charge on any atom is 0.410 e. The zero-order valence-corrected chi connectivity index (χ0v) is 17.9. The molecule has 0 bridgehead atoms. The first-order valence-electron chi connectivity index (χ1n) is 10.3. The fourth-order valence-corrected chi connectivity index (χ4v) is 3.38. The molecule has 0 radical (unpaired) electrons. The highest BCUT2D eigenvalue weighted by atomic mass is 16.6. The van der Waals surface area contributed by atoms with Crippen molar-refractivity contribution in [1.82, 2.24) is 19.6 Å². The van der Waals surface area contributed by atoms with Crippen LogP contribution in [0.5, 0.6) is 0 Å². The number of carbonyl (C=O) groups is 2. The Morgan fingerprint density at radius 1 is 1.03 bits per heavy atom. The number of hydrogen-bond donors (Lipinski definition) is 1. The highest BCUT2D eigenvalue weighted by Crippen LogP contribution is 2.19. The molecule has 8 nitrogen and oxygen atoms in total. The van der Waals surface area contributed by atoms with E-state index in [1.54, 1.807) is 35.4 Å². The lowest BCUT2D eigenvalue weighted by molar-refractivity contribution is 0.0143. The van der Waals surface area contributed by atoms with Gasteiger partial charge in [-0.2, -0.15) is 5.10 Å². The SMILES string of the molecule is CC(C)(C)OC(=O)N1CCN(CCCn2cc(-c3ccc(C(=O)O)cc3)cn2)CC1. The highest BCUT2D eigenvalue weighted by molar-refractivity contribution is 5.88. The molecule has 1 aromatic carbocycles. The van der Waals surface area contributed by atoms with Crippen LogP contribution in [0.1, 0.15) is 37.6 Å². The molecule has 1 aromatic heterocycles. The molecule has 0 saturated carbocycles. The Morgan fingerprint density at radius 3 is 2.30 bits per heavy atom. The van der Waals surface area contributed by atoms with E-state index in [-0.39, 0.29) is 11.7 Å². The standard InChI is InChI=1S/C22H30N4O4/c1-22(2,3)30-21(29)25-13-11-24(12-14-25)9-4-10-26-16-19(15-23-26)17-5-7-18(8-6-17)20(27)28/h5-8,15-16H,4,9-14H2,1-3H3,(H,27,28). The molecule has 1 N–H and O–H groups in total. The number of amides is 1. The first-order chi connectivity index (χ1) is 14.2. The molecule has 30 heavy (non-hydrogen) atoms. The molecule has 1 amide bonds. The van der Waals surface area contributed by atoms with Crippen LogP contribution in [0.25, 0.3) is 11.1 Å². The number of carboxylic acid groups (broad SMARTS) is 1. The number of carbonyl (C=O) groups excluding carboxylic acids is 1. The van der Waals surface area contributed by atoms with E-state index in [1.165, 1.54) is 0 Å². The van der Waals surface area contributed by atoms with E-state index in [1.807, 2.05) is 31.6 Å². The van der Waals surface area contributed by atoms with Gasteiger partial charge < -0.3 is 14.7 Å². The number of carboxylic acids is 1. The molecule has 1 aliphatic rings. The summed E-state index contributed by atoms with van der Waals surface area (Å²) >= 11 is 0. The van der Waals surface area contributed by atoms with Crippen LogP contribution in [0.4, 0.5) is 4.79 Å². The van der Waals surface area contributed by atoms with Crippen molar-refractivity contribution in [3.8, 4) is 11.1 Å². The lowest BCUT2D eigenvalue weighted by Gasteiger charge is -2.35. The predicted octanol–water partition coefficient (Wildman–Crippen LogP) is 3.19. The van der Waals surface area contributed by atoms with Crippen LogP contribution in [0.3, 0.4) is 0 Å². The summed E-state index contributed by atoms with van der Waals surface area (Å²) in [6.07, 6.45) is 4.51. The minimum atomic E-state index is -0.927. The van der Waals surface area contributed by atoms with E-state index in [2.05, 4.69) is 10.00 Å². The summed E-state index contributed by atoms with van der Waals surface area (Å²) in [5, 5.41) is 13.4. The predicted molar refractivity (Wildman–Crippen MR) is 113 cm³/mol. The first-order valence-corrected chi connectivity index (χ1v) is 10.3. The van der Waals surface area contributed by atoms with Gasteiger partial charge >= 0.3 is 12.1 Å². The van der Waals surface area contributed by atoms with Crippen molar-refractivity contribution >= 4 is 12.1 Å². The van der Waals surface area contributed by atoms with Crippen LogP contribution in [0, 0.1) is 0 Å². The molecule has 8 heteroatoms. The largest absolute Gasteiger partial charge is 0.478 e. The Hall–Kier alpha value is -2.87. The summed E-state index contributed by atoms with van der Waals surface area (Å²) in [5.41, 5.74) is 1.73.